The highest BCUT2D eigenvalue weighted by atomic mass is 32.2. The molecular formula is C18H26N2O3S2. The minimum atomic E-state index is -3.06. The van der Waals surface area contributed by atoms with Crippen LogP contribution in [0.2, 0.25) is 0 Å². The fourth-order valence-electron chi connectivity index (χ4n) is 4.17. The fraction of sp³-hybridized carbons (Fsp3) is 0.722. The number of nitrogens with zero attached hydrogens (tertiary/aromatic N) is 2. The molecule has 1 amide bonds. The van der Waals surface area contributed by atoms with Crippen LogP contribution in [0.1, 0.15) is 41.4 Å². The van der Waals surface area contributed by atoms with E-state index in [-0.39, 0.29) is 29.5 Å². The Balaban J connectivity index is 1.54. The van der Waals surface area contributed by atoms with Crippen LogP contribution in [-0.2, 0) is 16.3 Å². The predicted octanol–water partition coefficient (Wildman–Crippen LogP) is 2.03. The van der Waals surface area contributed by atoms with Crippen molar-refractivity contribution in [3.8, 4) is 0 Å². The van der Waals surface area contributed by atoms with E-state index in [0.717, 1.165) is 37.4 Å². The van der Waals surface area contributed by atoms with Crippen LogP contribution < -0.4 is 0 Å². The Labute approximate surface area is 153 Å². The lowest BCUT2D eigenvalue weighted by atomic mass is 10.0. The van der Waals surface area contributed by atoms with E-state index in [9.17, 15) is 13.2 Å². The summed E-state index contributed by atoms with van der Waals surface area (Å²) in [6.45, 7) is 4.57. The largest absolute Gasteiger partial charge is 0.332 e. The van der Waals surface area contributed by atoms with Crippen molar-refractivity contribution in [1.29, 1.82) is 0 Å². The van der Waals surface area contributed by atoms with E-state index < -0.39 is 9.84 Å². The number of sulfone groups is 1. The lowest BCUT2D eigenvalue weighted by molar-refractivity contribution is 0.0318. The number of carbonyl (C=O) groups is 1. The summed E-state index contributed by atoms with van der Waals surface area (Å²) in [5.74, 6) is 1.08. The molecule has 3 fully saturated rings. The minimum absolute atomic E-state index is 0.0109. The van der Waals surface area contributed by atoms with Gasteiger partial charge in [-0.1, -0.05) is 13.3 Å². The van der Waals surface area contributed by atoms with Crippen molar-refractivity contribution in [2.75, 3.05) is 31.1 Å². The molecule has 25 heavy (non-hydrogen) atoms. The summed E-state index contributed by atoms with van der Waals surface area (Å²) in [5.41, 5.74) is 0.729. The van der Waals surface area contributed by atoms with Crippen LogP contribution in [-0.4, -0.2) is 67.3 Å². The third kappa shape index (κ3) is 3.64. The Morgan fingerprint density at radius 2 is 2.00 bits per heavy atom. The van der Waals surface area contributed by atoms with Crippen molar-refractivity contribution in [3.05, 3.63) is 21.9 Å². The van der Waals surface area contributed by atoms with Crippen LogP contribution in [0.4, 0.5) is 0 Å². The van der Waals surface area contributed by atoms with E-state index >= 15 is 0 Å². The molecule has 1 aromatic rings. The molecule has 2 saturated heterocycles. The molecule has 0 spiro atoms. The molecule has 0 bridgehead atoms. The lowest BCUT2D eigenvalue weighted by Gasteiger charge is -2.44. The van der Waals surface area contributed by atoms with Crippen molar-refractivity contribution in [3.63, 3.8) is 0 Å². The lowest BCUT2D eigenvalue weighted by Crippen LogP contribution is -2.60. The second-order valence-corrected chi connectivity index (χ2v) is 10.8. The van der Waals surface area contributed by atoms with Crippen molar-refractivity contribution >= 4 is 27.1 Å². The second kappa shape index (κ2) is 6.67. The maximum Gasteiger partial charge on any atom is 0.255 e. The van der Waals surface area contributed by atoms with Crippen molar-refractivity contribution in [2.24, 2.45) is 5.92 Å². The molecule has 2 atom stereocenters. The van der Waals surface area contributed by atoms with Gasteiger partial charge in [0.1, 0.15) is 0 Å². The van der Waals surface area contributed by atoms with Gasteiger partial charge in [-0.3, -0.25) is 9.69 Å². The number of fused-ring (bicyclic) bond motifs is 1. The Bertz CT molecular complexity index is 754. The Morgan fingerprint density at radius 3 is 2.72 bits per heavy atom. The van der Waals surface area contributed by atoms with Crippen LogP contribution in [0.5, 0.6) is 0 Å². The summed E-state index contributed by atoms with van der Waals surface area (Å²) in [7, 11) is -3.06. The molecule has 0 N–H and O–H groups in total. The highest BCUT2D eigenvalue weighted by molar-refractivity contribution is 7.91. The smallest absolute Gasteiger partial charge is 0.255 e. The Morgan fingerprint density at radius 1 is 1.24 bits per heavy atom. The zero-order valence-electron chi connectivity index (χ0n) is 14.7. The highest BCUT2D eigenvalue weighted by Gasteiger charge is 2.48. The van der Waals surface area contributed by atoms with E-state index in [0.29, 0.717) is 6.54 Å². The molecule has 1 saturated carbocycles. The van der Waals surface area contributed by atoms with Gasteiger partial charge in [-0.25, -0.2) is 8.42 Å². The topological polar surface area (TPSA) is 57.7 Å². The van der Waals surface area contributed by atoms with Crippen molar-refractivity contribution in [2.45, 2.75) is 44.7 Å². The average molecular weight is 383 g/mol. The normalized spacial score (nSPS) is 28.9. The number of piperazine rings is 1. The summed E-state index contributed by atoms with van der Waals surface area (Å²) in [5, 5.41) is 1.93. The molecule has 0 aromatic carbocycles. The molecule has 2 aliphatic heterocycles. The van der Waals surface area contributed by atoms with E-state index in [2.05, 4.69) is 11.8 Å². The molecule has 0 radical (unpaired) electrons. The van der Waals surface area contributed by atoms with Gasteiger partial charge >= 0.3 is 0 Å². The first kappa shape index (κ1) is 17.5. The average Bonchev–Trinajstić information content (AvgIpc) is 3.13. The third-order valence-corrected chi connectivity index (χ3v) is 8.33. The van der Waals surface area contributed by atoms with Crippen LogP contribution in [0, 0.1) is 5.92 Å². The molecule has 1 aromatic heterocycles. The first-order chi connectivity index (χ1) is 12.0. The molecule has 1 aliphatic carbocycles. The molecule has 3 aliphatic rings. The maximum atomic E-state index is 13.0. The fourth-order valence-corrected chi connectivity index (χ4v) is 7.15. The number of thiophene rings is 1. The molecule has 138 valence electrons. The van der Waals surface area contributed by atoms with Crippen molar-refractivity contribution < 1.29 is 13.2 Å². The van der Waals surface area contributed by atoms with E-state index in [4.69, 9.17) is 0 Å². The quantitative estimate of drug-likeness (QED) is 0.782. The summed E-state index contributed by atoms with van der Waals surface area (Å²) in [6, 6.07) is 1.79. The summed E-state index contributed by atoms with van der Waals surface area (Å²) >= 11 is 1.63. The number of hydrogen-bond donors (Lipinski definition) is 0. The SMILES string of the molecule is CCCc1cc(C(=O)N2CCN(CC3CC3)C3CS(=O)(=O)CC32)cs1. The van der Waals surface area contributed by atoms with Gasteiger partial charge in [0.2, 0.25) is 0 Å². The molecule has 4 rings (SSSR count). The van der Waals surface area contributed by atoms with E-state index in [1.807, 2.05) is 16.3 Å². The molecular weight excluding hydrogens is 356 g/mol. The molecule has 5 nitrogen and oxygen atoms in total. The number of carbonyl (C=O) groups excluding carboxylic acids is 1. The molecule has 3 heterocycles. The van der Waals surface area contributed by atoms with Crippen LogP contribution in [0.25, 0.3) is 0 Å². The van der Waals surface area contributed by atoms with Gasteiger partial charge in [0.05, 0.1) is 23.1 Å². The summed E-state index contributed by atoms with van der Waals surface area (Å²) < 4.78 is 24.6. The first-order valence-electron chi connectivity index (χ1n) is 9.29. The van der Waals surface area contributed by atoms with Gasteiger partial charge in [-0.2, -0.15) is 0 Å². The maximum absolute atomic E-state index is 13.0. The number of rotatable bonds is 5. The summed E-state index contributed by atoms with van der Waals surface area (Å²) in [4.78, 5) is 18.4. The standard InChI is InChI=1S/C18H26N2O3S2/c1-2-3-15-8-14(10-24-15)18(21)20-7-6-19(9-13-4-5-13)16-11-25(22,23)12-17(16)20/h8,10,13,16-17H,2-7,9,11-12H2,1H3. The van der Waals surface area contributed by atoms with Gasteiger partial charge in [-0.05, 0) is 31.2 Å². The van der Waals surface area contributed by atoms with E-state index in [1.54, 1.807) is 11.3 Å². The second-order valence-electron chi connectivity index (χ2n) is 7.70. The zero-order chi connectivity index (χ0) is 17.6. The molecule has 2 unspecified atom stereocenters. The molecule has 7 heteroatoms. The van der Waals surface area contributed by atoms with Gasteiger partial charge in [0, 0.05) is 35.9 Å². The number of amides is 1. The van der Waals surface area contributed by atoms with Gasteiger partial charge in [-0.15, -0.1) is 11.3 Å². The number of aryl methyl sites for hydroxylation is 1. The monoisotopic (exact) mass is 382 g/mol. The Kier molecular flexibility index (Phi) is 4.67. The van der Waals surface area contributed by atoms with Crippen LogP contribution in [0.15, 0.2) is 11.4 Å². The Hall–Kier alpha value is -0.920. The summed E-state index contributed by atoms with van der Waals surface area (Å²) in [6.07, 6.45) is 4.58. The van der Waals surface area contributed by atoms with Gasteiger partial charge in [0.25, 0.3) is 5.91 Å². The van der Waals surface area contributed by atoms with Gasteiger partial charge < -0.3 is 4.90 Å². The third-order valence-electron chi connectivity index (χ3n) is 5.64. The highest BCUT2D eigenvalue weighted by Crippen LogP contribution is 2.34. The van der Waals surface area contributed by atoms with Gasteiger partial charge in [0.15, 0.2) is 9.84 Å². The zero-order valence-corrected chi connectivity index (χ0v) is 16.3. The first-order valence-corrected chi connectivity index (χ1v) is 12.0. The van der Waals surface area contributed by atoms with Crippen LogP contribution in [0.3, 0.4) is 0 Å². The van der Waals surface area contributed by atoms with E-state index in [1.165, 1.54) is 17.7 Å². The number of hydrogen-bond acceptors (Lipinski definition) is 5. The van der Waals surface area contributed by atoms with Crippen LogP contribution >= 0.6 is 11.3 Å². The minimum Gasteiger partial charge on any atom is -0.332 e. The van der Waals surface area contributed by atoms with Crippen molar-refractivity contribution in [1.82, 2.24) is 9.80 Å². The predicted molar refractivity (Wildman–Crippen MR) is 99.9 cm³/mol.